The van der Waals surface area contributed by atoms with Crippen LogP contribution in [0.4, 0.5) is 8.78 Å². The maximum absolute atomic E-state index is 13.2. The minimum absolute atomic E-state index is 0.115. The Labute approximate surface area is 116 Å². The summed E-state index contributed by atoms with van der Waals surface area (Å²) in [5.74, 6) is -1.69. The molecule has 0 fully saturated rings. The van der Waals surface area contributed by atoms with E-state index in [4.69, 9.17) is 5.26 Å². The van der Waals surface area contributed by atoms with E-state index >= 15 is 0 Å². The van der Waals surface area contributed by atoms with E-state index in [0.29, 0.717) is 17.7 Å². The number of nitrogens with zero attached hydrogens (tertiary/aromatic N) is 1. The minimum atomic E-state index is -0.845. The molecule has 2 rings (SSSR count). The topological polar surface area (TPSA) is 35.8 Å². The van der Waals surface area contributed by atoms with Gasteiger partial charge in [0.25, 0.3) is 0 Å². The van der Waals surface area contributed by atoms with Gasteiger partial charge in [-0.15, -0.1) is 0 Å². The highest BCUT2D eigenvalue weighted by molar-refractivity contribution is 5.32. The third-order valence-corrected chi connectivity index (χ3v) is 3.11. The number of rotatable bonds is 4. The molecule has 0 saturated heterocycles. The Morgan fingerprint density at radius 2 is 1.95 bits per heavy atom. The fourth-order valence-electron chi connectivity index (χ4n) is 1.92. The van der Waals surface area contributed by atoms with Gasteiger partial charge in [0.15, 0.2) is 11.6 Å². The summed E-state index contributed by atoms with van der Waals surface area (Å²) >= 11 is 0. The highest BCUT2D eigenvalue weighted by atomic mass is 19.2. The molecule has 0 radical (unpaired) electrons. The zero-order valence-electron chi connectivity index (χ0n) is 11.0. The first-order valence-corrected chi connectivity index (χ1v) is 6.27. The van der Waals surface area contributed by atoms with Crippen LogP contribution < -0.4 is 5.32 Å². The van der Waals surface area contributed by atoms with Gasteiger partial charge in [-0.1, -0.05) is 18.2 Å². The predicted octanol–water partition coefficient (Wildman–Crippen LogP) is 3.69. The van der Waals surface area contributed by atoms with E-state index < -0.39 is 11.6 Å². The summed E-state index contributed by atoms with van der Waals surface area (Å²) in [6, 6.07) is 13.1. The van der Waals surface area contributed by atoms with Crippen LogP contribution in [0.1, 0.15) is 29.7 Å². The van der Waals surface area contributed by atoms with Crippen LogP contribution in [-0.2, 0) is 6.54 Å². The Morgan fingerprint density at radius 3 is 2.65 bits per heavy atom. The van der Waals surface area contributed by atoms with Gasteiger partial charge in [-0.2, -0.15) is 5.26 Å². The molecule has 2 nitrogen and oxygen atoms in total. The third kappa shape index (κ3) is 3.40. The maximum Gasteiger partial charge on any atom is 0.159 e. The van der Waals surface area contributed by atoms with Gasteiger partial charge in [-0.25, -0.2) is 8.78 Å². The fourth-order valence-corrected chi connectivity index (χ4v) is 1.92. The van der Waals surface area contributed by atoms with Crippen molar-refractivity contribution in [2.45, 2.75) is 19.5 Å². The van der Waals surface area contributed by atoms with Crippen molar-refractivity contribution >= 4 is 0 Å². The lowest BCUT2D eigenvalue weighted by Crippen LogP contribution is -2.18. The van der Waals surface area contributed by atoms with Gasteiger partial charge < -0.3 is 5.32 Å². The van der Waals surface area contributed by atoms with Crippen molar-refractivity contribution in [2.24, 2.45) is 0 Å². The van der Waals surface area contributed by atoms with Crippen molar-refractivity contribution in [3.05, 3.63) is 70.8 Å². The second-order valence-corrected chi connectivity index (χ2v) is 4.59. The molecule has 1 atom stereocenters. The smallest absolute Gasteiger partial charge is 0.159 e. The number of hydrogen-bond acceptors (Lipinski definition) is 2. The van der Waals surface area contributed by atoms with Crippen molar-refractivity contribution < 1.29 is 8.78 Å². The number of nitriles is 1. The van der Waals surface area contributed by atoms with Crippen LogP contribution in [0.5, 0.6) is 0 Å². The number of nitrogens with one attached hydrogen (secondary N) is 1. The number of hydrogen-bond donors (Lipinski definition) is 1. The van der Waals surface area contributed by atoms with Crippen molar-refractivity contribution in [1.82, 2.24) is 5.32 Å². The maximum atomic E-state index is 13.2. The van der Waals surface area contributed by atoms with Crippen molar-refractivity contribution in [1.29, 1.82) is 5.26 Å². The van der Waals surface area contributed by atoms with E-state index in [2.05, 4.69) is 11.4 Å². The van der Waals surface area contributed by atoms with Crippen LogP contribution in [0.25, 0.3) is 0 Å². The Morgan fingerprint density at radius 1 is 1.15 bits per heavy atom. The molecule has 0 aliphatic rings. The Kier molecular flexibility index (Phi) is 4.44. The molecule has 0 spiro atoms. The predicted molar refractivity (Wildman–Crippen MR) is 72.8 cm³/mol. The second kappa shape index (κ2) is 6.27. The summed E-state index contributed by atoms with van der Waals surface area (Å²) in [6.07, 6.45) is 0. The quantitative estimate of drug-likeness (QED) is 0.921. The Hall–Kier alpha value is -2.25. The van der Waals surface area contributed by atoms with Crippen LogP contribution in [0, 0.1) is 23.0 Å². The summed E-state index contributed by atoms with van der Waals surface area (Å²) in [4.78, 5) is 0. The molecule has 102 valence electrons. The fraction of sp³-hybridized carbons (Fsp3) is 0.188. The summed E-state index contributed by atoms with van der Waals surface area (Å²) in [7, 11) is 0. The van der Waals surface area contributed by atoms with Gasteiger partial charge in [0, 0.05) is 12.6 Å². The average molecular weight is 272 g/mol. The summed E-state index contributed by atoms with van der Waals surface area (Å²) < 4.78 is 26.0. The molecule has 1 N–H and O–H groups in total. The average Bonchev–Trinajstić information content (AvgIpc) is 2.47. The molecule has 0 bridgehead atoms. The molecule has 0 heterocycles. The van der Waals surface area contributed by atoms with E-state index in [1.54, 1.807) is 18.2 Å². The monoisotopic (exact) mass is 272 g/mol. The van der Waals surface area contributed by atoms with Crippen LogP contribution in [0.15, 0.2) is 42.5 Å². The van der Waals surface area contributed by atoms with Crippen molar-refractivity contribution in [3.8, 4) is 6.07 Å². The lowest BCUT2D eigenvalue weighted by atomic mass is 10.1. The van der Waals surface area contributed by atoms with E-state index in [9.17, 15) is 8.78 Å². The molecular weight excluding hydrogens is 258 g/mol. The molecule has 2 aromatic carbocycles. The molecule has 20 heavy (non-hydrogen) atoms. The summed E-state index contributed by atoms with van der Waals surface area (Å²) in [6.45, 7) is 2.43. The lowest BCUT2D eigenvalue weighted by Gasteiger charge is -2.14. The van der Waals surface area contributed by atoms with Crippen molar-refractivity contribution in [3.63, 3.8) is 0 Å². The van der Waals surface area contributed by atoms with Gasteiger partial charge >= 0.3 is 0 Å². The van der Waals surface area contributed by atoms with Crippen LogP contribution in [0.2, 0.25) is 0 Å². The molecular formula is C16H14F2N2. The SMILES string of the molecule is C[C@@H](NCc1cccc(C#N)c1)c1ccc(F)c(F)c1. The third-order valence-electron chi connectivity index (χ3n) is 3.11. The van der Waals surface area contributed by atoms with E-state index in [1.807, 2.05) is 19.1 Å². The molecule has 4 heteroatoms. The summed E-state index contributed by atoms with van der Waals surface area (Å²) in [5.41, 5.74) is 2.25. The molecule has 0 saturated carbocycles. The number of benzene rings is 2. The normalized spacial score (nSPS) is 11.9. The standard InChI is InChI=1S/C16H14F2N2/c1-11(14-5-6-15(17)16(18)8-14)20-10-13-4-2-3-12(7-13)9-19/h2-8,11,20H,10H2,1H3/t11-/m1/s1. The molecule has 0 aromatic heterocycles. The minimum Gasteiger partial charge on any atom is -0.306 e. The lowest BCUT2D eigenvalue weighted by molar-refractivity contribution is 0.500. The van der Waals surface area contributed by atoms with Gasteiger partial charge in [0.2, 0.25) is 0 Å². The van der Waals surface area contributed by atoms with E-state index in [0.717, 1.165) is 11.6 Å². The zero-order valence-corrected chi connectivity index (χ0v) is 11.0. The first-order chi connectivity index (χ1) is 9.60. The Bertz CT molecular complexity index is 647. The molecule has 0 unspecified atom stereocenters. The van der Waals surface area contributed by atoms with Crippen LogP contribution in [-0.4, -0.2) is 0 Å². The number of halogens is 2. The largest absolute Gasteiger partial charge is 0.306 e. The molecule has 0 aliphatic heterocycles. The molecule has 0 aliphatic carbocycles. The highest BCUT2D eigenvalue weighted by Gasteiger charge is 2.08. The van der Waals surface area contributed by atoms with E-state index in [1.165, 1.54) is 6.07 Å². The van der Waals surface area contributed by atoms with Crippen molar-refractivity contribution in [2.75, 3.05) is 0 Å². The van der Waals surface area contributed by atoms with Crippen LogP contribution >= 0.6 is 0 Å². The van der Waals surface area contributed by atoms with E-state index in [-0.39, 0.29) is 6.04 Å². The second-order valence-electron chi connectivity index (χ2n) is 4.59. The first-order valence-electron chi connectivity index (χ1n) is 6.27. The molecule has 0 amide bonds. The van der Waals surface area contributed by atoms with Crippen LogP contribution in [0.3, 0.4) is 0 Å². The Balaban J connectivity index is 2.02. The van der Waals surface area contributed by atoms with Gasteiger partial charge in [0.1, 0.15) is 0 Å². The molecule has 2 aromatic rings. The van der Waals surface area contributed by atoms with Gasteiger partial charge in [-0.3, -0.25) is 0 Å². The first kappa shape index (κ1) is 14.2. The zero-order chi connectivity index (χ0) is 14.5. The van der Waals surface area contributed by atoms with Gasteiger partial charge in [0.05, 0.1) is 11.6 Å². The summed E-state index contributed by atoms with van der Waals surface area (Å²) in [5, 5.41) is 12.0. The highest BCUT2D eigenvalue weighted by Crippen LogP contribution is 2.16. The van der Waals surface area contributed by atoms with Gasteiger partial charge in [-0.05, 0) is 42.3 Å².